The molecule has 36 heavy (non-hydrogen) atoms. The Labute approximate surface area is 212 Å². The molecular formula is C34H23OP. The fourth-order valence-corrected chi connectivity index (χ4v) is 6.55. The maximum absolute atomic E-state index is 14.7. The molecule has 0 fully saturated rings. The molecule has 0 aromatic heterocycles. The highest BCUT2D eigenvalue weighted by atomic mass is 31.2. The van der Waals surface area contributed by atoms with Gasteiger partial charge >= 0.3 is 0 Å². The van der Waals surface area contributed by atoms with E-state index in [-0.39, 0.29) is 0 Å². The number of hydrogen-bond acceptors (Lipinski definition) is 1. The number of benzene rings is 5. The fraction of sp³-hybridized carbons (Fsp3) is 0. The summed E-state index contributed by atoms with van der Waals surface area (Å²) in [7, 11) is -3.07. The molecule has 0 radical (unpaired) electrons. The van der Waals surface area contributed by atoms with E-state index in [9.17, 15) is 4.57 Å². The molecule has 5 aromatic rings. The summed E-state index contributed by atoms with van der Waals surface area (Å²) in [4.78, 5) is 0. The Bertz CT molecular complexity index is 1510. The van der Waals surface area contributed by atoms with Crippen molar-refractivity contribution in [1.82, 2.24) is 0 Å². The summed E-state index contributed by atoms with van der Waals surface area (Å²) in [6, 6.07) is 45.0. The van der Waals surface area contributed by atoms with Crippen LogP contribution in [0, 0.1) is 23.7 Å². The third-order valence-electron chi connectivity index (χ3n) is 5.83. The van der Waals surface area contributed by atoms with Crippen LogP contribution in [0.3, 0.4) is 0 Å². The minimum Gasteiger partial charge on any atom is -0.309 e. The van der Waals surface area contributed by atoms with E-state index >= 15 is 0 Å². The second kappa shape index (κ2) is 10.8. The van der Waals surface area contributed by atoms with Crippen molar-refractivity contribution in [1.29, 1.82) is 0 Å². The van der Waals surface area contributed by atoms with Crippen molar-refractivity contribution in [3.8, 4) is 23.7 Å². The molecule has 0 aliphatic rings. The van der Waals surface area contributed by atoms with Gasteiger partial charge in [-0.05, 0) is 72.8 Å². The molecule has 0 bridgehead atoms. The van der Waals surface area contributed by atoms with Crippen LogP contribution in [0.4, 0.5) is 0 Å². The second-order valence-electron chi connectivity index (χ2n) is 8.27. The molecule has 0 spiro atoms. The molecule has 170 valence electrons. The highest BCUT2D eigenvalue weighted by Crippen LogP contribution is 2.42. The fourth-order valence-electron chi connectivity index (χ4n) is 3.93. The van der Waals surface area contributed by atoms with E-state index in [2.05, 4.69) is 23.7 Å². The lowest BCUT2D eigenvalue weighted by molar-refractivity contribution is 0.592. The van der Waals surface area contributed by atoms with Crippen molar-refractivity contribution in [2.75, 3.05) is 0 Å². The Morgan fingerprint density at radius 2 is 0.611 bits per heavy atom. The molecule has 0 aliphatic carbocycles. The van der Waals surface area contributed by atoms with E-state index in [4.69, 9.17) is 0 Å². The summed E-state index contributed by atoms with van der Waals surface area (Å²) in [6.45, 7) is 0. The average molecular weight is 479 g/mol. The maximum atomic E-state index is 14.7. The second-order valence-corrected chi connectivity index (χ2v) is 11.0. The van der Waals surface area contributed by atoms with Crippen LogP contribution in [-0.4, -0.2) is 0 Å². The highest BCUT2D eigenvalue weighted by Gasteiger charge is 2.29. The van der Waals surface area contributed by atoms with Crippen LogP contribution in [-0.2, 0) is 4.57 Å². The molecule has 2 heteroatoms. The van der Waals surface area contributed by atoms with Gasteiger partial charge in [0.1, 0.15) is 0 Å². The Morgan fingerprint density at radius 1 is 0.333 bits per heavy atom. The summed E-state index contributed by atoms with van der Waals surface area (Å²) >= 11 is 0. The normalized spacial score (nSPS) is 10.4. The van der Waals surface area contributed by atoms with Gasteiger partial charge in [0.25, 0.3) is 0 Å². The van der Waals surface area contributed by atoms with E-state index in [1.54, 1.807) is 0 Å². The number of hydrogen-bond donors (Lipinski definition) is 0. The Balaban J connectivity index is 1.49. The predicted molar refractivity (Wildman–Crippen MR) is 151 cm³/mol. The van der Waals surface area contributed by atoms with Crippen molar-refractivity contribution in [2.45, 2.75) is 0 Å². The molecule has 0 heterocycles. The van der Waals surface area contributed by atoms with Gasteiger partial charge in [-0.1, -0.05) is 90.4 Å². The molecular weight excluding hydrogens is 455 g/mol. The van der Waals surface area contributed by atoms with Crippen LogP contribution in [0.5, 0.6) is 0 Å². The molecule has 5 rings (SSSR count). The zero-order valence-electron chi connectivity index (χ0n) is 19.6. The minimum atomic E-state index is -3.07. The first-order chi connectivity index (χ1) is 17.7. The minimum absolute atomic E-state index is 0.780. The van der Waals surface area contributed by atoms with Crippen LogP contribution >= 0.6 is 7.14 Å². The molecule has 1 nitrogen and oxygen atoms in total. The van der Waals surface area contributed by atoms with E-state index < -0.39 is 7.14 Å². The van der Waals surface area contributed by atoms with E-state index in [0.717, 1.165) is 38.2 Å². The Hall–Kier alpha value is -4.55. The largest absolute Gasteiger partial charge is 0.309 e. The van der Waals surface area contributed by atoms with Gasteiger partial charge in [-0.25, -0.2) is 0 Å². The van der Waals surface area contributed by atoms with Crippen molar-refractivity contribution in [2.24, 2.45) is 0 Å². The first-order valence-electron chi connectivity index (χ1n) is 11.7. The predicted octanol–water partition coefficient (Wildman–Crippen LogP) is 6.13. The lowest BCUT2D eigenvalue weighted by Gasteiger charge is -2.20. The summed E-state index contributed by atoms with van der Waals surface area (Å²) in [6.07, 6.45) is 0. The third kappa shape index (κ3) is 5.24. The SMILES string of the molecule is O=P(c1ccccc1)(c1ccc(C#Cc2ccccc2)cc1)c1ccc(C#Cc2ccccc2)cc1. The smallest absolute Gasteiger partial charge is 0.171 e. The van der Waals surface area contributed by atoms with Crippen molar-refractivity contribution >= 4 is 23.1 Å². The molecule has 0 N–H and O–H groups in total. The Morgan fingerprint density at radius 3 is 0.972 bits per heavy atom. The van der Waals surface area contributed by atoms with Crippen LogP contribution in [0.2, 0.25) is 0 Å². The monoisotopic (exact) mass is 478 g/mol. The third-order valence-corrected chi connectivity index (χ3v) is 8.91. The van der Waals surface area contributed by atoms with Gasteiger partial charge in [0.05, 0.1) is 0 Å². The highest BCUT2D eigenvalue weighted by molar-refractivity contribution is 7.85. The lowest BCUT2D eigenvalue weighted by atomic mass is 10.2. The summed E-state index contributed by atoms with van der Waals surface area (Å²) in [5.74, 6) is 12.8. The topological polar surface area (TPSA) is 17.1 Å². The van der Waals surface area contributed by atoms with Crippen molar-refractivity contribution < 1.29 is 4.57 Å². The quantitative estimate of drug-likeness (QED) is 0.225. The van der Waals surface area contributed by atoms with Crippen LogP contribution in [0.25, 0.3) is 0 Å². The van der Waals surface area contributed by atoms with Gasteiger partial charge in [0.15, 0.2) is 7.14 Å². The molecule has 0 amide bonds. The molecule has 0 unspecified atom stereocenters. The molecule has 0 atom stereocenters. The molecule has 0 saturated heterocycles. The van der Waals surface area contributed by atoms with Gasteiger partial charge in [0, 0.05) is 38.2 Å². The maximum Gasteiger partial charge on any atom is 0.171 e. The lowest BCUT2D eigenvalue weighted by Crippen LogP contribution is -2.25. The summed E-state index contributed by atoms with van der Waals surface area (Å²) in [5.41, 5.74) is 3.70. The van der Waals surface area contributed by atoms with Gasteiger partial charge in [-0.3, -0.25) is 0 Å². The van der Waals surface area contributed by atoms with Crippen LogP contribution < -0.4 is 15.9 Å². The van der Waals surface area contributed by atoms with Crippen molar-refractivity contribution in [3.63, 3.8) is 0 Å². The summed E-state index contributed by atoms with van der Waals surface area (Å²) < 4.78 is 14.7. The molecule has 5 aromatic carbocycles. The first kappa shape index (κ1) is 23.2. The zero-order chi connectivity index (χ0) is 24.6. The van der Waals surface area contributed by atoms with E-state index in [0.29, 0.717) is 0 Å². The zero-order valence-corrected chi connectivity index (χ0v) is 20.5. The number of rotatable bonds is 3. The molecule has 0 aliphatic heterocycles. The standard InChI is InChI=1S/C34H23OP/c35-36(32-14-8-3-9-15-32,33-24-20-30(21-25-33)18-16-28-10-4-1-5-11-28)34-26-22-31(23-27-34)19-17-29-12-6-2-7-13-29/h1-15,20-27H. The summed E-state index contributed by atoms with van der Waals surface area (Å²) in [5, 5.41) is 2.36. The van der Waals surface area contributed by atoms with Crippen LogP contribution in [0.1, 0.15) is 22.3 Å². The van der Waals surface area contributed by atoms with E-state index in [1.165, 1.54) is 0 Å². The van der Waals surface area contributed by atoms with Crippen molar-refractivity contribution in [3.05, 3.63) is 162 Å². The van der Waals surface area contributed by atoms with E-state index in [1.807, 2.05) is 140 Å². The average Bonchev–Trinajstić information content (AvgIpc) is 2.97. The van der Waals surface area contributed by atoms with Gasteiger partial charge in [-0.2, -0.15) is 0 Å². The van der Waals surface area contributed by atoms with Gasteiger partial charge in [-0.15, -0.1) is 0 Å². The van der Waals surface area contributed by atoms with Gasteiger partial charge in [0.2, 0.25) is 0 Å². The first-order valence-corrected chi connectivity index (χ1v) is 13.4. The van der Waals surface area contributed by atoms with Gasteiger partial charge < -0.3 is 4.57 Å². The Kier molecular flexibility index (Phi) is 6.96. The van der Waals surface area contributed by atoms with Crippen LogP contribution in [0.15, 0.2) is 140 Å². The molecule has 0 saturated carbocycles.